The molecule has 1 nitrogen and oxygen atoms in total. The normalized spacial score (nSPS) is 11.1. The number of benzene rings is 1. The number of hydrogen-bond donors (Lipinski definition) is 0. The molecule has 90 valence electrons. The van der Waals surface area contributed by atoms with Gasteiger partial charge in [0, 0.05) is 21.3 Å². The zero-order chi connectivity index (χ0) is 12.4. The van der Waals surface area contributed by atoms with Crippen molar-refractivity contribution in [1.29, 1.82) is 0 Å². The van der Waals surface area contributed by atoms with E-state index >= 15 is 0 Å². The fourth-order valence-corrected chi connectivity index (χ4v) is 3.36. The Morgan fingerprint density at radius 2 is 2.12 bits per heavy atom. The number of rotatable bonds is 3. The summed E-state index contributed by atoms with van der Waals surface area (Å²) in [6.07, 6.45) is 1.07. The van der Waals surface area contributed by atoms with Gasteiger partial charge in [-0.2, -0.15) is 0 Å². The Labute approximate surface area is 115 Å². The van der Waals surface area contributed by atoms with Gasteiger partial charge in [0.15, 0.2) is 0 Å². The molecule has 0 unspecified atom stereocenters. The summed E-state index contributed by atoms with van der Waals surface area (Å²) in [5.74, 6) is 0.663. The quantitative estimate of drug-likeness (QED) is 0.770. The number of aryl methyl sites for hydroxylation is 1. The molecule has 0 N–H and O–H groups in total. The largest absolute Gasteiger partial charge is 0.241 e. The molecule has 0 saturated carbocycles. The Bertz CT molecular complexity index is 517. The minimum Gasteiger partial charge on any atom is -0.241 e. The fourth-order valence-electron chi connectivity index (χ4n) is 1.79. The van der Waals surface area contributed by atoms with Gasteiger partial charge in [-0.1, -0.05) is 41.9 Å². The van der Waals surface area contributed by atoms with Crippen molar-refractivity contribution in [2.24, 2.45) is 5.92 Å². The van der Waals surface area contributed by atoms with Crippen molar-refractivity contribution in [3.63, 3.8) is 0 Å². The molecule has 0 spiro atoms. The monoisotopic (exact) mass is 309 g/mol. The lowest BCUT2D eigenvalue weighted by Gasteiger charge is -2.00. The van der Waals surface area contributed by atoms with Gasteiger partial charge in [-0.15, -0.1) is 11.3 Å². The molecule has 2 aromatic rings. The van der Waals surface area contributed by atoms with Crippen LogP contribution in [0.15, 0.2) is 28.7 Å². The third-order valence-electron chi connectivity index (χ3n) is 2.52. The zero-order valence-electron chi connectivity index (χ0n) is 10.3. The van der Waals surface area contributed by atoms with E-state index in [1.807, 2.05) is 17.4 Å². The van der Waals surface area contributed by atoms with E-state index in [0.717, 1.165) is 16.6 Å². The Morgan fingerprint density at radius 1 is 1.35 bits per heavy atom. The van der Waals surface area contributed by atoms with Gasteiger partial charge in [0.05, 0.1) is 10.7 Å². The summed E-state index contributed by atoms with van der Waals surface area (Å²) in [6.45, 7) is 6.61. The first-order valence-corrected chi connectivity index (χ1v) is 7.39. The van der Waals surface area contributed by atoms with Crippen molar-refractivity contribution >= 4 is 27.3 Å². The van der Waals surface area contributed by atoms with E-state index in [2.05, 4.69) is 54.9 Å². The Balaban J connectivity index is 2.36. The second-order valence-corrected chi connectivity index (χ2v) is 6.82. The van der Waals surface area contributed by atoms with Crippen LogP contribution in [0.3, 0.4) is 0 Å². The number of aromatic nitrogens is 1. The number of halogens is 1. The first-order valence-electron chi connectivity index (χ1n) is 5.78. The van der Waals surface area contributed by atoms with Crippen molar-refractivity contribution in [2.75, 3.05) is 0 Å². The maximum Gasteiger partial charge on any atom is 0.0937 e. The minimum absolute atomic E-state index is 0.663. The fraction of sp³-hybridized carbons (Fsp3) is 0.357. The molecule has 17 heavy (non-hydrogen) atoms. The van der Waals surface area contributed by atoms with Crippen LogP contribution in [0.4, 0.5) is 0 Å². The molecule has 0 aliphatic heterocycles. The summed E-state index contributed by atoms with van der Waals surface area (Å²) in [5, 5.41) is 1.24. The summed E-state index contributed by atoms with van der Waals surface area (Å²) in [4.78, 5) is 6.06. The molecule has 0 radical (unpaired) electrons. The molecular weight excluding hydrogens is 294 g/mol. The van der Waals surface area contributed by atoms with Crippen LogP contribution in [0, 0.1) is 12.8 Å². The van der Waals surface area contributed by atoms with Crippen LogP contribution in [-0.4, -0.2) is 4.98 Å². The molecule has 3 heteroatoms. The Kier molecular flexibility index (Phi) is 4.00. The maximum absolute atomic E-state index is 4.76. The second kappa shape index (κ2) is 5.32. The minimum atomic E-state index is 0.663. The third-order valence-corrected chi connectivity index (χ3v) is 4.01. The molecule has 1 aromatic heterocycles. The highest BCUT2D eigenvalue weighted by Crippen LogP contribution is 2.30. The molecule has 0 bridgehead atoms. The second-order valence-electron chi connectivity index (χ2n) is 4.62. The highest BCUT2D eigenvalue weighted by Gasteiger charge is 2.10. The van der Waals surface area contributed by atoms with Crippen molar-refractivity contribution in [3.8, 4) is 11.3 Å². The first kappa shape index (κ1) is 12.8. The molecular formula is C14H16BrNS. The predicted molar refractivity (Wildman–Crippen MR) is 78.5 cm³/mol. The van der Waals surface area contributed by atoms with E-state index in [4.69, 9.17) is 4.98 Å². The van der Waals surface area contributed by atoms with Crippen LogP contribution >= 0.6 is 27.3 Å². The SMILES string of the molecule is Cc1sc(CC(C)C)nc1-c1cccc(Br)c1. The van der Waals surface area contributed by atoms with Gasteiger partial charge >= 0.3 is 0 Å². The van der Waals surface area contributed by atoms with Crippen LogP contribution in [-0.2, 0) is 6.42 Å². The molecule has 2 rings (SSSR count). The lowest BCUT2D eigenvalue weighted by molar-refractivity contribution is 0.645. The van der Waals surface area contributed by atoms with E-state index in [1.165, 1.54) is 15.4 Å². The molecule has 1 heterocycles. The van der Waals surface area contributed by atoms with Crippen LogP contribution in [0.2, 0.25) is 0 Å². The summed E-state index contributed by atoms with van der Waals surface area (Å²) >= 11 is 5.32. The Morgan fingerprint density at radius 3 is 2.76 bits per heavy atom. The van der Waals surface area contributed by atoms with E-state index in [0.29, 0.717) is 5.92 Å². The molecule has 0 aliphatic rings. The number of nitrogens with zero attached hydrogens (tertiary/aromatic N) is 1. The average Bonchev–Trinajstić information content (AvgIpc) is 2.58. The highest BCUT2D eigenvalue weighted by atomic mass is 79.9. The third kappa shape index (κ3) is 3.17. The van der Waals surface area contributed by atoms with E-state index < -0.39 is 0 Å². The van der Waals surface area contributed by atoms with Crippen molar-refractivity contribution in [3.05, 3.63) is 38.6 Å². The molecule has 1 aromatic carbocycles. The van der Waals surface area contributed by atoms with Crippen LogP contribution in [0.5, 0.6) is 0 Å². The van der Waals surface area contributed by atoms with E-state index in [-0.39, 0.29) is 0 Å². The standard InChI is InChI=1S/C14H16BrNS/c1-9(2)7-13-16-14(10(3)17-13)11-5-4-6-12(15)8-11/h4-6,8-9H,7H2,1-3H3. The lowest BCUT2D eigenvalue weighted by atomic mass is 10.1. The average molecular weight is 310 g/mol. The van der Waals surface area contributed by atoms with Gasteiger partial charge in [0.2, 0.25) is 0 Å². The summed E-state index contributed by atoms with van der Waals surface area (Å²) in [7, 11) is 0. The van der Waals surface area contributed by atoms with Gasteiger partial charge in [0.25, 0.3) is 0 Å². The highest BCUT2D eigenvalue weighted by molar-refractivity contribution is 9.10. The topological polar surface area (TPSA) is 12.9 Å². The van der Waals surface area contributed by atoms with Gasteiger partial charge < -0.3 is 0 Å². The van der Waals surface area contributed by atoms with Gasteiger partial charge in [-0.25, -0.2) is 4.98 Å². The molecule has 0 aliphatic carbocycles. The van der Waals surface area contributed by atoms with Crippen LogP contribution in [0.25, 0.3) is 11.3 Å². The van der Waals surface area contributed by atoms with E-state index in [1.54, 1.807) is 0 Å². The number of thiazole rings is 1. The number of hydrogen-bond acceptors (Lipinski definition) is 2. The zero-order valence-corrected chi connectivity index (χ0v) is 12.7. The van der Waals surface area contributed by atoms with Crippen molar-refractivity contribution in [2.45, 2.75) is 27.2 Å². The summed E-state index contributed by atoms with van der Waals surface area (Å²) < 4.78 is 1.10. The molecule has 0 saturated heterocycles. The molecule has 0 fully saturated rings. The lowest BCUT2D eigenvalue weighted by Crippen LogP contribution is -1.92. The van der Waals surface area contributed by atoms with Crippen molar-refractivity contribution in [1.82, 2.24) is 4.98 Å². The van der Waals surface area contributed by atoms with E-state index in [9.17, 15) is 0 Å². The first-order chi connectivity index (χ1) is 8.06. The van der Waals surface area contributed by atoms with Crippen LogP contribution < -0.4 is 0 Å². The van der Waals surface area contributed by atoms with Gasteiger partial charge in [-0.05, 0) is 25.0 Å². The summed E-state index contributed by atoms with van der Waals surface area (Å²) in [6, 6.07) is 8.34. The van der Waals surface area contributed by atoms with Crippen molar-refractivity contribution < 1.29 is 0 Å². The Hall–Kier alpha value is -0.670. The maximum atomic E-state index is 4.76. The predicted octanol–water partition coefficient (Wildman–Crippen LogP) is 5.08. The smallest absolute Gasteiger partial charge is 0.0937 e. The van der Waals surface area contributed by atoms with Gasteiger partial charge in [0.1, 0.15) is 0 Å². The van der Waals surface area contributed by atoms with Gasteiger partial charge in [-0.3, -0.25) is 0 Å². The summed E-state index contributed by atoms with van der Waals surface area (Å²) in [5.41, 5.74) is 2.33. The molecule has 0 amide bonds. The van der Waals surface area contributed by atoms with Crippen LogP contribution in [0.1, 0.15) is 23.7 Å². The molecule has 0 atom stereocenters.